The summed E-state index contributed by atoms with van der Waals surface area (Å²) in [5.41, 5.74) is 2.87. The molecule has 1 aliphatic heterocycles. The highest BCUT2D eigenvalue weighted by Gasteiger charge is 2.64. The molecule has 0 bridgehead atoms. The second kappa shape index (κ2) is 6.38. The van der Waals surface area contributed by atoms with E-state index in [4.69, 9.17) is 0 Å². The second-order valence-electron chi connectivity index (χ2n) is 6.30. The third-order valence-corrected chi connectivity index (χ3v) is 9.46. The Hall–Kier alpha value is -2.17. The van der Waals surface area contributed by atoms with Gasteiger partial charge in [0.15, 0.2) is 0 Å². The minimum Gasteiger partial charge on any atom is -0.0622 e. The zero-order valence-electron chi connectivity index (χ0n) is 14.0. The van der Waals surface area contributed by atoms with E-state index < -0.39 is 7.26 Å². The monoisotopic (exact) mass is 329 g/mol. The Morgan fingerprint density at radius 1 is 0.667 bits per heavy atom. The smallest absolute Gasteiger partial charge is 0.0622 e. The van der Waals surface area contributed by atoms with Gasteiger partial charge in [0.05, 0.1) is 6.16 Å². The van der Waals surface area contributed by atoms with Crippen LogP contribution in [0.2, 0.25) is 0 Å². The van der Waals surface area contributed by atoms with Gasteiger partial charge in [0.1, 0.15) is 23.2 Å². The lowest BCUT2D eigenvalue weighted by atomic mass is 10.2. The molecule has 1 heteroatoms. The van der Waals surface area contributed by atoms with E-state index in [0.717, 1.165) is 12.6 Å². The van der Waals surface area contributed by atoms with Gasteiger partial charge in [-0.25, -0.2) is 0 Å². The van der Waals surface area contributed by atoms with Gasteiger partial charge in [-0.1, -0.05) is 85.8 Å². The van der Waals surface area contributed by atoms with E-state index in [0.29, 0.717) is 0 Å². The molecule has 1 atom stereocenters. The van der Waals surface area contributed by atoms with Gasteiger partial charge in [-0.15, -0.1) is 0 Å². The van der Waals surface area contributed by atoms with Crippen molar-refractivity contribution in [2.45, 2.75) is 19.5 Å². The maximum absolute atomic E-state index is 2.34. The second-order valence-corrected chi connectivity index (χ2v) is 9.74. The molecule has 24 heavy (non-hydrogen) atoms. The van der Waals surface area contributed by atoms with Gasteiger partial charge in [0, 0.05) is 12.0 Å². The molecule has 1 heterocycles. The number of benzene rings is 3. The van der Waals surface area contributed by atoms with Crippen LogP contribution in [0.15, 0.2) is 96.3 Å². The first-order valence-corrected chi connectivity index (χ1v) is 10.6. The largest absolute Gasteiger partial charge is 0.150 e. The standard InChI is InChI=1S/C23H22P/c1-2-22-23(20-14-8-4-9-15-20)24(22,21-16-10-5-11-17-21)18-19-12-6-3-7-13-19/h3-17H,2,18H2,1H3/q+1. The van der Waals surface area contributed by atoms with Crippen molar-refractivity contribution in [2.24, 2.45) is 0 Å². The number of allylic oxidation sites excluding steroid dienone is 1. The van der Waals surface area contributed by atoms with E-state index in [9.17, 15) is 0 Å². The van der Waals surface area contributed by atoms with Gasteiger partial charge >= 0.3 is 0 Å². The van der Waals surface area contributed by atoms with Gasteiger partial charge in [-0.3, -0.25) is 0 Å². The first-order valence-electron chi connectivity index (χ1n) is 8.63. The first kappa shape index (κ1) is 15.4. The van der Waals surface area contributed by atoms with Crippen molar-refractivity contribution in [3.05, 3.63) is 107 Å². The zero-order valence-corrected chi connectivity index (χ0v) is 14.9. The highest BCUT2D eigenvalue weighted by Crippen LogP contribution is 2.91. The molecule has 1 aliphatic rings. The Balaban J connectivity index is 1.82. The van der Waals surface area contributed by atoms with Gasteiger partial charge in [-0.05, 0) is 17.7 Å². The number of hydrogen-bond donors (Lipinski definition) is 0. The molecule has 0 amide bonds. The highest BCUT2D eigenvalue weighted by atomic mass is 31.2. The third kappa shape index (κ3) is 2.52. The van der Waals surface area contributed by atoms with Crippen molar-refractivity contribution in [1.29, 1.82) is 0 Å². The van der Waals surface area contributed by atoms with E-state index >= 15 is 0 Å². The molecule has 0 spiro atoms. The summed E-state index contributed by atoms with van der Waals surface area (Å²) >= 11 is 0. The van der Waals surface area contributed by atoms with Crippen molar-refractivity contribution in [1.82, 2.24) is 0 Å². The molecule has 0 aromatic heterocycles. The summed E-state index contributed by atoms with van der Waals surface area (Å²) < 4.78 is 0. The van der Waals surface area contributed by atoms with Crippen LogP contribution in [0.4, 0.5) is 0 Å². The van der Waals surface area contributed by atoms with Gasteiger partial charge in [-0.2, -0.15) is 0 Å². The maximum Gasteiger partial charge on any atom is 0.150 e. The fourth-order valence-electron chi connectivity index (χ4n) is 3.84. The summed E-state index contributed by atoms with van der Waals surface area (Å²) in [5, 5.41) is 4.87. The number of rotatable bonds is 5. The van der Waals surface area contributed by atoms with Crippen LogP contribution in [0.5, 0.6) is 0 Å². The molecular weight excluding hydrogens is 307 g/mol. The molecule has 0 nitrogen and oxygen atoms in total. The predicted octanol–water partition coefficient (Wildman–Crippen LogP) is 6.32. The van der Waals surface area contributed by atoms with Crippen LogP contribution in [0.25, 0.3) is 5.31 Å². The Labute approximate surface area is 145 Å². The molecule has 0 fully saturated rings. The summed E-state index contributed by atoms with van der Waals surface area (Å²) in [5.74, 6) is 0. The quantitative estimate of drug-likeness (QED) is 0.480. The van der Waals surface area contributed by atoms with Crippen LogP contribution in [0.1, 0.15) is 24.5 Å². The molecule has 3 aromatic carbocycles. The molecule has 0 aliphatic carbocycles. The topological polar surface area (TPSA) is 0 Å². The Bertz CT molecular complexity index is 850. The molecule has 0 N–H and O–H groups in total. The van der Waals surface area contributed by atoms with E-state index in [1.54, 1.807) is 10.6 Å². The van der Waals surface area contributed by atoms with Crippen molar-refractivity contribution < 1.29 is 0 Å². The molecule has 118 valence electrons. The fraction of sp³-hybridized carbons (Fsp3) is 0.130. The third-order valence-electron chi connectivity index (χ3n) is 4.91. The average molecular weight is 329 g/mol. The maximum atomic E-state index is 2.34. The minimum absolute atomic E-state index is 1.15. The predicted molar refractivity (Wildman–Crippen MR) is 107 cm³/mol. The highest BCUT2D eigenvalue weighted by molar-refractivity contribution is 8.02. The molecular formula is C23H22P+. The summed E-state index contributed by atoms with van der Waals surface area (Å²) in [6, 6.07) is 33.2. The van der Waals surface area contributed by atoms with Crippen LogP contribution < -0.4 is 5.30 Å². The SMILES string of the molecule is CCC1=C(c2ccccc2)[P+]1(Cc1ccccc1)c1ccccc1. The minimum atomic E-state index is -1.38. The molecule has 0 radical (unpaired) electrons. The summed E-state index contributed by atoms with van der Waals surface area (Å²) in [7, 11) is -1.38. The van der Waals surface area contributed by atoms with Gasteiger partial charge < -0.3 is 0 Å². The zero-order chi connectivity index (χ0) is 16.4. The van der Waals surface area contributed by atoms with Crippen LogP contribution in [0, 0.1) is 0 Å². The molecule has 3 aromatic rings. The first-order chi connectivity index (χ1) is 11.9. The van der Waals surface area contributed by atoms with Crippen molar-refractivity contribution in [3.63, 3.8) is 0 Å². The van der Waals surface area contributed by atoms with Crippen LogP contribution in [-0.2, 0) is 6.16 Å². The molecule has 1 unspecified atom stereocenters. The Morgan fingerprint density at radius 2 is 1.21 bits per heavy atom. The van der Waals surface area contributed by atoms with E-state index in [1.165, 1.54) is 16.4 Å². The average Bonchev–Trinajstić information content (AvgIpc) is 3.32. The molecule has 0 saturated heterocycles. The van der Waals surface area contributed by atoms with E-state index in [2.05, 4.69) is 97.9 Å². The summed E-state index contributed by atoms with van der Waals surface area (Å²) in [6.07, 6.45) is 2.31. The van der Waals surface area contributed by atoms with Gasteiger partial charge in [0.2, 0.25) is 0 Å². The molecule has 0 saturated carbocycles. The fourth-order valence-corrected chi connectivity index (χ4v) is 8.82. The van der Waals surface area contributed by atoms with Crippen LogP contribution in [0.3, 0.4) is 0 Å². The normalized spacial score (nSPS) is 19.4. The summed E-state index contributed by atoms with van der Waals surface area (Å²) in [6.45, 7) is 2.31. The number of hydrogen-bond acceptors (Lipinski definition) is 0. The van der Waals surface area contributed by atoms with Crippen molar-refractivity contribution in [3.8, 4) is 0 Å². The van der Waals surface area contributed by atoms with Gasteiger partial charge in [0.25, 0.3) is 0 Å². The van der Waals surface area contributed by atoms with E-state index in [-0.39, 0.29) is 0 Å². The van der Waals surface area contributed by atoms with Crippen LogP contribution >= 0.6 is 7.26 Å². The lowest BCUT2D eigenvalue weighted by molar-refractivity contribution is 1.21. The lowest BCUT2D eigenvalue weighted by Crippen LogP contribution is -2.05. The van der Waals surface area contributed by atoms with Crippen molar-refractivity contribution in [2.75, 3.05) is 0 Å². The van der Waals surface area contributed by atoms with Crippen molar-refractivity contribution >= 4 is 17.9 Å². The Morgan fingerprint density at radius 3 is 1.79 bits per heavy atom. The summed E-state index contributed by atoms with van der Waals surface area (Å²) in [4.78, 5) is 0. The van der Waals surface area contributed by atoms with Crippen LogP contribution in [-0.4, -0.2) is 0 Å². The Kier molecular flexibility index (Phi) is 4.08. The lowest BCUT2D eigenvalue weighted by Gasteiger charge is -2.13. The van der Waals surface area contributed by atoms with E-state index in [1.807, 2.05) is 0 Å². The molecule has 4 rings (SSSR count).